The van der Waals surface area contributed by atoms with E-state index in [9.17, 15) is 4.39 Å². The molecule has 1 atom stereocenters. The number of nitrogens with one attached hydrogen (secondary N) is 1. The van der Waals surface area contributed by atoms with Crippen LogP contribution in [0.15, 0.2) is 23.1 Å². The molecule has 19 heavy (non-hydrogen) atoms. The Kier molecular flexibility index (Phi) is 6.14. The molecule has 2 rings (SSSR count). The van der Waals surface area contributed by atoms with E-state index in [1.807, 2.05) is 12.1 Å². The van der Waals surface area contributed by atoms with E-state index < -0.39 is 0 Å². The second-order valence-electron chi connectivity index (χ2n) is 4.86. The van der Waals surface area contributed by atoms with Crippen LogP contribution in [0.3, 0.4) is 0 Å². The van der Waals surface area contributed by atoms with Crippen LogP contribution in [-0.4, -0.2) is 26.0 Å². The number of hydrogen-bond acceptors (Lipinski definition) is 3. The third-order valence-corrected chi connectivity index (χ3v) is 4.60. The van der Waals surface area contributed by atoms with Gasteiger partial charge < -0.3 is 10.1 Å². The third kappa shape index (κ3) is 4.20. The summed E-state index contributed by atoms with van der Waals surface area (Å²) in [4.78, 5) is 0.839. The van der Waals surface area contributed by atoms with E-state index in [1.54, 1.807) is 24.9 Å². The highest BCUT2D eigenvalue weighted by Gasteiger charge is 2.22. The van der Waals surface area contributed by atoms with Gasteiger partial charge in [-0.25, -0.2) is 4.39 Å². The van der Waals surface area contributed by atoms with Crippen LogP contribution in [-0.2, 0) is 4.74 Å². The molecule has 0 fully saturated rings. The molecule has 1 N–H and O–H groups in total. The van der Waals surface area contributed by atoms with Gasteiger partial charge in [-0.15, -0.1) is 11.8 Å². The van der Waals surface area contributed by atoms with Crippen molar-refractivity contribution in [2.45, 2.75) is 36.6 Å². The fourth-order valence-corrected chi connectivity index (χ4v) is 3.56. The van der Waals surface area contributed by atoms with Gasteiger partial charge in [-0.05, 0) is 49.6 Å². The molecule has 1 aromatic rings. The SMILES string of the molecule is COCCCCCNC1CCSc2c(F)cccc21. The molecule has 0 saturated heterocycles. The van der Waals surface area contributed by atoms with Crippen molar-refractivity contribution in [2.24, 2.45) is 0 Å². The van der Waals surface area contributed by atoms with Gasteiger partial charge in [0.1, 0.15) is 5.82 Å². The van der Waals surface area contributed by atoms with Crippen LogP contribution < -0.4 is 5.32 Å². The molecular weight excluding hydrogens is 261 g/mol. The third-order valence-electron chi connectivity index (χ3n) is 3.44. The number of rotatable bonds is 7. The predicted molar refractivity (Wildman–Crippen MR) is 78.2 cm³/mol. The standard InChI is InChI=1S/C15H22FNOS/c1-18-10-4-2-3-9-17-14-8-11-19-15-12(14)6-5-7-13(15)16/h5-7,14,17H,2-4,8-11H2,1H3. The summed E-state index contributed by atoms with van der Waals surface area (Å²) in [6, 6.07) is 5.73. The smallest absolute Gasteiger partial charge is 0.137 e. The van der Waals surface area contributed by atoms with Gasteiger partial charge in [0.2, 0.25) is 0 Å². The number of halogens is 1. The second-order valence-corrected chi connectivity index (χ2v) is 5.96. The number of methoxy groups -OCH3 is 1. The van der Waals surface area contributed by atoms with Crippen LogP contribution in [0.5, 0.6) is 0 Å². The Morgan fingerprint density at radius 3 is 3.11 bits per heavy atom. The molecular formula is C15H22FNOS. The maximum atomic E-state index is 13.7. The summed E-state index contributed by atoms with van der Waals surface area (Å²) in [6.45, 7) is 1.84. The molecule has 0 radical (unpaired) electrons. The van der Waals surface area contributed by atoms with Gasteiger partial charge in [0.05, 0.1) is 0 Å². The van der Waals surface area contributed by atoms with Gasteiger partial charge >= 0.3 is 0 Å². The van der Waals surface area contributed by atoms with Crippen molar-refractivity contribution in [3.8, 4) is 0 Å². The van der Waals surface area contributed by atoms with Crippen molar-refractivity contribution in [3.63, 3.8) is 0 Å². The topological polar surface area (TPSA) is 21.3 Å². The number of hydrogen-bond donors (Lipinski definition) is 1. The van der Waals surface area contributed by atoms with E-state index >= 15 is 0 Å². The highest BCUT2D eigenvalue weighted by Crippen LogP contribution is 2.37. The first-order chi connectivity index (χ1) is 9.33. The predicted octanol–water partition coefficient (Wildman–Crippen LogP) is 3.77. The van der Waals surface area contributed by atoms with Crippen molar-refractivity contribution in [2.75, 3.05) is 26.0 Å². The molecule has 1 heterocycles. The molecule has 1 aliphatic rings. The Morgan fingerprint density at radius 2 is 2.26 bits per heavy atom. The van der Waals surface area contributed by atoms with Gasteiger partial charge in [-0.3, -0.25) is 0 Å². The van der Waals surface area contributed by atoms with E-state index in [2.05, 4.69) is 5.32 Å². The average molecular weight is 283 g/mol. The molecule has 0 aliphatic carbocycles. The quantitative estimate of drug-likeness (QED) is 0.770. The van der Waals surface area contributed by atoms with Crippen LogP contribution in [0.25, 0.3) is 0 Å². The van der Waals surface area contributed by atoms with Crippen molar-refractivity contribution >= 4 is 11.8 Å². The maximum absolute atomic E-state index is 13.7. The molecule has 1 aliphatic heterocycles. The summed E-state index contributed by atoms with van der Waals surface area (Å²) in [5, 5.41) is 3.56. The molecule has 0 amide bonds. The van der Waals surface area contributed by atoms with Crippen LogP contribution in [0.2, 0.25) is 0 Å². The molecule has 0 aromatic heterocycles. The van der Waals surface area contributed by atoms with E-state index in [4.69, 9.17) is 4.74 Å². The number of benzene rings is 1. The lowest BCUT2D eigenvalue weighted by atomic mass is 10.0. The van der Waals surface area contributed by atoms with Gasteiger partial charge in [-0.2, -0.15) is 0 Å². The van der Waals surface area contributed by atoms with E-state index in [0.29, 0.717) is 6.04 Å². The lowest BCUT2D eigenvalue weighted by Crippen LogP contribution is -2.26. The number of thioether (sulfide) groups is 1. The van der Waals surface area contributed by atoms with Crippen molar-refractivity contribution in [1.82, 2.24) is 5.32 Å². The minimum atomic E-state index is -0.0749. The molecule has 1 aromatic carbocycles. The van der Waals surface area contributed by atoms with Crippen molar-refractivity contribution < 1.29 is 9.13 Å². The number of fused-ring (bicyclic) bond motifs is 1. The van der Waals surface area contributed by atoms with Crippen LogP contribution in [0, 0.1) is 5.82 Å². The zero-order valence-corrected chi connectivity index (χ0v) is 12.3. The number of unbranched alkanes of at least 4 members (excludes halogenated alkanes) is 2. The molecule has 2 nitrogen and oxygen atoms in total. The molecule has 4 heteroatoms. The summed E-state index contributed by atoms with van der Waals surface area (Å²) in [6.07, 6.45) is 4.53. The summed E-state index contributed by atoms with van der Waals surface area (Å²) < 4.78 is 18.7. The number of ether oxygens (including phenoxy) is 1. The molecule has 106 valence electrons. The van der Waals surface area contributed by atoms with Gasteiger partial charge in [0, 0.05) is 24.7 Å². The Morgan fingerprint density at radius 1 is 1.37 bits per heavy atom. The Bertz CT molecular complexity index is 400. The zero-order valence-electron chi connectivity index (χ0n) is 11.5. The Labute approximate surface area is 119 Å². The normalized spacial score (nSPS) is 18.3. The summed E-state index contributed by atoms with van der Waals surface area (Å²) in [7, 11) is 1.74. The average Bonchev–Trinajstić information content (AvgIpc) is 2.43. The second kappa shape index (κ2) is 7.88. The summed E-state index contributed by atoms with van der Waals surface area (Å²) in [5.74, 6) is 0.920. The zero-order chi connectivity index (χ0) is 13.5. The summed E-state index contributed by atoms with van der Waals surface area (Å²) >= 11 is 1.64. The van der Waals surface area contributed by atoms with Crippen LogP contribution >= 0.6 is 11.8 Å². The first kappa shape index (κ1) is 14.8. The van der Waals surface area contributed by atoms with E-state index in [-0.39, 0.29) is 5.82 Å². The van der Waals surface area contributed by atoms with E-state index in [0.717, 1.165) is 48.6 Å². The first-order valence-electron chi connectivity index (χ1n) is 6.96. The van der Waals surface area contributed by atoms with Crippen LogP contribution in [0.1, 0.15) is 37.3 Å². The fraction of sp³-hybridized carbons (Fsp3) is 0.600. The molecule has 0 bridgehead atoms. The molecule has 0 spiro atoms. The highest BCUT2D eigenvalue weighted by molar-refractivity contribution is 7.99. The van der Waals surface area contributed by atoms with E-state index in [1.165, 1.54) is 6.42 Å². The molecule has 0 saturated carbocycles. The maximum Gasteiger partial charge on any atom is 0.137 e. The van der Waals surface area contributed by atoms with Crippen LogP contribution in [0.4, 0.5) is 4.39 Å². The van der Waals surface area contributed by atoms with Crippen molar-refractivity contribution in [1.29, 1.82) is 0 Å². The highest BCUT2D eigenvalue weighted by atomic mass is 32.2. The monoisotopic (exact) mass is 283 g/mol. The molecule has 1 unspecified atom stereocenters. The Hall–Kier alpha value is -0.580. The van der Waals surface area contributed by atoms with Gasteiger partial charge in [-0.1, -0.05) is 12.1 Å². The largest absolute Gasteiger partial charge is 0.385 e. The minimum absolute atomic E-state index is 0.0749. The van der Waals surface area contributed by atoms with Gasteiger partial charge in [0.15, 0.2) is 0 Å². The summed E-state index contributed by atoms with van der Waals surface area (Å²) in [5.41, 5.74) is 1.13. The minimum Gasteiger partial charge on any atom is -0.385 e. The lowest BCUT2D eigenvalue weighted by Gasteiger charge is -2.26. The first-order valence-corrected chi connectivity index (χ1v) is 7.95. The lowest BCUT2D eigenvalue weighted by molar-refractivity contribution is 0.192. The van der Waals surface area contributed by atoms with Crippen molar-refractivity contribution in [3.05, 3.63) is 29.6 Å². The Balaban J connectivity index is 1.81. The fourth-order valence-electron chi connectivity index (χ4n) is 2.42. The van der Waals surface area contributed by atoms with Gasteiger partial charge in [0.25, 0.3) is 0 Å².